The fourth-order valence-corrected chi connectivity index (χ4v) is 8.57. The smallest absolute Gasteiger partial charge is 0.656 e. The van der Waals surface area contributed by atoms with Gasteiger partial charge in [0.05, 0.1) is 11.0 Å². The van der Waals surface area contributed by atoms with E-state index in [1.807, 2.05) is 36.8 Å². The number of nitrogens with zero attached hydrogens (tertiary/aromatic N) is 6. The number of para-hydroxylation sites is 4. The minimum absolute atomic E-state index is 0. The SMILES string of the molecule is CC(C)(C)c1cc2c(cc1-c1ccncc1)c1ccc(-c3cccc4c3nc(-c3cccc5c3[n-]c3ccccc35)n4-c3ccccc3)[c-]c1n2-c1ccccn1.[Pt+2]. The van der Waals surface area contributed by atoms with Crippen LogP contribution in [-0.4, -0.2) is 24.1 Å². The van der Waals surface area contributed by atoms with Crippen molar-refractivity contribution in [1.29, 1.82) is 0 Å². The van der Waals surface area contributed by atoms with E-state index in [-0.39, 0.29) is 26.5 Å². The molecule has 0 aliphatic rings. The van der Waals surface area contributed by atoms with Crippen molar-refractivity contribution in [3.8, 4) is 45.1 Å². The normalized spacial score (nSPS) is 11.9. The van der Waals surface area contributed by atoms with Gasteiger partial charge in [-0.2, -0.15) is 0 Å². The van der Waals surface area contributed by atoms with Crippen LogP contribution in [0.4, 0.5) is 0 Å². The Bertz CT molecular complexity index is 3320. The third kappa shape index (κ3) is 5.62. The molecule has 0 N–H and O–H groups in total. The van der Waals surface area contributed by atoms with Crippen LogP contribution in [0.5, 0.6) is 0 Å². The molecule has 11 aromatic rings. The summed E-state index contributed by atoms with van der Waals surface area (Å²) in [6, 6.07) is 55.0. The number of hydrogen-bond donors (Lipinski definition) is 0. The first kappa shape index (κ1) is 35.8. The number of rotatable bonds is 5. The number of aromatic nitrogens is 6. The molecule has 0 saturated heterocycles. The molecule has 280 valence electrons. The summed E-state index contributed by atoms with van der Waals surface area (Å²) in [5, 5.41) is 4.53. The maximum atomic E-state index is 5.52. The van der Waals surface area contributed by atoms with Crippen LogP contribution in [0, 0.1) is 6.07 Å². The number of imidazole rings is 1. The molecule has 6 nitrogen and oxygen atoms in total. The maximum absolute atomic E-state index is 5.52. The second kappa shape index (κ2) is 13.8. The Morgan fingerprint density at radius 2 is 1.34 bits per heavy atom. The Balaban J connectivity index is 0.00000408. The van der Waals surface area contributed by atoms with E-state index in [0.717, 1.165) is 94.2 Å². The molecular formula is C51H36N6Pt. The van der Waals surface area contributed by atoms with Crippen molar-refractivity contribution in [2.75, 3.05) is 0 Å². The maximum Gasteiger partial charge on any atom is 2.00 e. The summed E-state index contributed by atoms with van der Waals surface area (Å²) in [7, 11) is 0. The second-order valence-electron chi connectivity index (χ2n) is 15.7. The first-order valence-corrected chi connectivity index (χ1v) is 19.3. The average Bonchev–Trinajstić information content (AvgIpc) is 3.93. The van der Waals surface area contributed by atoms with Crippen molar-refractivity contribution in [2.24, 2.45) is 0 Å². The minimum Gasteiger partial charge on any atom is -0.656 e. The number of benzene rings is 6. The van der Waals surface area contributed by atoms with Crippen LogP contribution in [0.25, 0.3) is 99.8 Å². The van der Waals surface area contributed by atoms with E-state index in [1.165, 1.54) is 11.1 Å². The van der Waals surface area contributed by atoms with Crippen LogP contribution in [0.1, 0.15) is 26.3 Å². The van der Waals surface area contributed by atoms with Crippen molar-refractivity contribution in [3.05, 3.63) is 176 Å². The van der Waals surface area contributed by atoms with Gasteiger partial charge in [-0.1, -0.05) is 117 Å². The molecule has 0 spiro atoms. The van der Waals surface area contributed by atoms with Gasteiger partial charge < -0.3 is 9.55 Å². The standard InChI is InChI=1S/C51H36N6.Pt/c1-51(2,3)42-31-46-41(30-40(42)32-24-27-52-28-25-32)37-23-22-33(29-45(37)57(46)47-21-9-10-26-53-47)35-16-12-20-44-49(35)55-50(56(44)34-13-5-4-6-14-34)39-18-11-17-38-36-15-7-8-19-43(36)54-48(38)39;/h4-28,30-31H,1-3H3;/q-2;+2. The fraction of sp³-hybridized carbons (Fsp3) is 0.0784. The molecule has 0 atom stereocenters. The summed E-state index contributed by atoms with van der Waals surface area (Å²) in [6.45, 7) is 6.82. The predicted octanol–water partition coefficient (Wildman–Crippen LogP) is 12.3. The summed E-state index contributed by atoms with van der Waals surface area (Å²) in [5.74, 6) is 1.69. The molecule has 7 heteroatoms. The van der Waals surface area contributed by atoms with E-state index in [1.54, 1.807) is 0 Å². The molecule has 0 aliphatic heterocycles. The van der Waals surface area contributed by atoms with Crippen LogP contribution in [0.15, 0.2) is 164 Å². The Morgan fingerprint density at radius 1 is 0.586 bits per heavy atom. The molecule has 6 aromatic carbocycles. The minimum atomic E-state index is -0.118. The molecule has 5 aromatic heterocycles. The molecule has 5 heterocycles. The van der Waals surface area contributed by atoms with E-state index in [4.69, 9.17) is 15.0 Å². The van der Waals surface area contributed by atoms with Crippen molar-refractivity contribution in [2.45, 2.75) is 26.2 Å². The van der Waals surface area contributed by atoms with E-state index in [2.05, 4.69) is 168 Å². The van der Waals surface area contributed by atoms with Gasteiger partial charge in [-0.25, -0.2) is 9.97 Å². The summed E-state index contributed by atoms with van der Waals surface area (Å²) in [5.41, 5.74) is 13.4. The zero-order valence-corrected chi connectivity index (χ0v) is 34.4. The third-order valence-electron chi connectivity index (χ3n) is 11.2. The van der Waals surface area contributed by atoms with Gasteiger partial charge in [0.1, 0.15) is 11.6 Å². The van der Waals surface area contributed by atoms with Crippen molar-refractivity contribution in [1.82, 2.24) is 29.1 Å². The second-order valence-corrected chi connectivity index (χ2v) is 15.7. The molecule has 0 amide bonds. The van der Waals surface area contributed by atoms with Gasteiger partial charge in [-0.15, -0.1) is 34.8 Å². The van der Waals surface area contributed by atoms with Gasteiger partial charge in [0, 0.05) is 35.4 Å². The van der Waals surface area contributed by atoms with Crippen LogP contribution in [0.2, 0.25) is 0 Å². The summed E-state index contributed by atoms with van der Waals surface area (Å²) in [6.07, 6.45) is 5.59. The number of fused-ring (bicyclic) bond motifs is 7. The molecule has 0 radical (unpaired) electrons. The van der Waals surface area contributed by atoms with Crippen molar-refractivity contribution in [3.63, 3.8) is 0 Å². The van der Waals surface area contributed by atoms with E-state index in [0.29, 0.717) is 0 Å². The molecule has 11 rings (SSSR count). The topological polar surface area (TPSA) is 62.6 Å². The van der Waals surface area contributed by atoms with E-state index >= 15 is 0 Å². The van der Waals surface area contributed by atoms with Gasteiger partial charge in [-0.3, -0.25) is 9.55 Å². The quantitative estimate of drug-likeness (QED) is 0.161. The summed E-state index contributed by atoms with van der Waals surface area (Å²) >= 11 is 0. The average molecular weight is 928 g/mol. The van der Waals surface area contributed by atoms with Crippen LogP contribution in [-0.2, 0) is 26.5 Å². The predicted molar refractivity (Wildman–Crippen MR) is 233 cm³/mol. The number of hydrogen-bond acceptors (Lipinski definition) is 3. The van der Waals surface area contributed by atoms with Gasteiger partial charge >= 0.3 is 21.1 Å². The Morgan fingerprint density at radius 3 is 2.16 bits per heavy atom. The fourth-order valence-electron chi connectivity index (χ4n) is 8.57. The molecular weight excluding hydrogens is 892 g/mol. The number of pyridine rings is 2. The van der Waals surface area contributed by atoms with E-state index in [9.17, 15) is 0 Å². The Kier molecular flexibility index (Phi) is 8.50. The van der Waals surface area contributed by atoms with Crippen LogP contribution >= 0.6 is 0 Å². The zero-order valence-electron chi connectivity index (χ0n) is 32.1. The van der Waals surface area contributed by atoms with Crippen LogP contribution < -0.4 is 4.98 Å². The molecule has 0 fully saturated rings. The van der Waals surface area contributed by atoms with Crippen LogP contribution in [0.3, 0.4) is 0 Å². The zero-order chi connectivity index (χ0) is 38.3. The Hall–Kier alpha value is -6.62. The van der Waals surface area contributed by atoms with Crippen molar-refractivity contribution >= 4 is 54.6 Å². The molecule has 0 unspecified atom stereocenters. The molecule has 0 aliphatic carbocycles. The molecule has 58 heavy (non-hydrogen) atoms. The summed E-state index contributed by atoms with van der Waals surface area (Å²) < 4.78 is 4.53. The molecule has 0 bridgehead atoms. The first-order chi connectivity index (χ1) is 27.9. The van der Waals surface area contributed by atoms with Crippen molar-refractivity contribution < 1.29 is 21.1 Å². The third-order valence-corrected chi connectivity index (χ3v) is 11.2. The monoisotopic (exact) mass is 927 g/mol. The Labute approximate surface area is 350 Å². The van der Waals surface area contributed by atoms with Gasteiger partial charge in [0.15, 0.2) is 0 Å². The van der Waals surface area contributed by atoms with Gasteiger partial charge in [-0.05, 0) is 92.3 Å². The van der Waals surface area contributed by atoms with E-state index < -0.39 is 0 Å². The summed E-state index contributed by atoms with van der Waals surface area (Å²) in [4.78, 5) is 19.9. The largest absolute Gasteiger partial charge is 2.00 e. The first-order valence-electron chi connectivity index (χ1n) is 19.3. The van der Waals surface area contributed by atoms with Gasteiger partial charge in [0.25, 0.3) is 0 Å². The molecule has 0 saturated carbocycles. The van der Waals surface area contributed by atoms with Gasteiger partial charge in [0.2, 0.25) is 0 Å².